The Balaban J connectivity index is 1.71. The maximum Gasteiger partial charge on any atom is 0.403 e. The number of rotatable bonds is 6. The van der Waals surface area contributed by atoms with Crippen molar-refractivity contribution in [3.05, 3.63) is 47.9 Å². The number of fused-ring (bicyclic) bond motifs is 2. The molecule has 0 unspecified atom stereocenters. The average molecular weight is 431 g/mol. The van der Waals surface area contributed by atoms with Crippen molar-refractivity contribution in [2.24, 2.45) is 0 Å². The molecule has 0 aliphatic carbocycles. The number of hydrogen-bond donors (Lipinski definition) is 0. The molecule has 0 fully saturated rings. The number of hydrogen-bond acceptors (Lipinski definition) is 7. The van der Waals surface area contributed by atoms with Gasteiger partial charge in [0.1, 0.15) is 24.6 Å². The first-order valence-corrected chi connectivity index (χ1v) is 9.32. The zero-order chi connectivity index (χ0) is 21.3. The van der Waals surface area contributed by atoms with Crippen LogP contribution in [-0.4, -0.2) is 35.7 Å². The normalized spacial score (nSPS) is 11.1. The van der Waals surface area contributed by atoms with Gasteiger partial charge < -0.3 is 18.6 Å². The monoisotopic (exact) mass is 430 g/mol. The summed E-state index contributed by atoms with van der Waals surface area (Å²) in [6, 6.07) is 8.37. The summed E-state index contributed by atoms with van der Waals surface area (Å²) in [7, 11) is 1.53. The molecule has 0 radical (unpaired) electrons. The molecule has 4 rings (SSSR count). The van der Waals surface area contributed by atoms with Crippen molar-refractivity contribution in [2.45, 2.75) is 6.92 Å². The highest BCUT2D eigenvalue weighted by atomic mass is 35.5. The first-order chi connectivity index (χ1) is 14.4. The summed E-state index contributed by atoms with van der Waals surface area (Å²) in [5.41, 5.74) is 2.41. The molecule has 0 N–H and O–H groups in total. The topological polar surface area (TPSA) is 83.7 Å². The number of nitrogens with zero attached hydrogens (tertiary/aromatic N) is 2. The van der Waals surface area contributed by atoms with Crippen LogP contribution in [0.4, 0.5) is 9.18 Å². The van der Waals surface area contributed by atoms with Crippen molar-refractivity contribution in [3.8, 4) is 23.0 Å². The number of aromatic nitrogens is 2. The molecule has 0 amide bonds. The zero-order valence-electron chi connectivity index (χ0n) is 16.1. The predicted molar refractivity (Wildman–Crippen MR) is 109 cm³/mol. The molecule has 30 heavy (non-hydrogen) atoms. The Hall–Kier alpha value is -3.39. The average Bonchev–Trinajstić information content (AvgIpc) is 3.12. The van der Waals surface area contributed by atoms with E-state index in [9.17, 15) is 9.18 Å². The Kier molecular flexibility index (Phi) is 5.41. The summed E-state index contributed by atoms with van der Waals surface area (Å²) < 4.78 is 35.3. The number of halogens is 2. The van der Waals surface area contributed by atoms with Crippen LogP contribution in [0.15, 0.2) is 40.9 Å². The fourth-order valence-corrected chi connectivity index (χ4v) is 3.17. The lowest BCUT2D eigenvalue weighted by atomic mass is 10.1. The molecule has 2 aromatic carbocycles. The zero-order valence-corrected chi connectivity index (χ0v) is 16.8. The molecule has 0 atom stereocenters. The van der Waals surface area contributed by atoms with Gasteiger partial charge in [-0.1, -0.05) is 0 Å². The molecule has 154 valence electrons. The molecule has 9 heteroatoms. The van der Waals surface area contributed by atoms with E-state index in [1.54, 1.807) is 6.07 Å². The van der Waals surface area contributed by atoms with Crippen LogP contribution in [0.5, 0.6) is 11.6 Å². The summed E-state index contributed by atoms with van der Waals surface area (Å²) in [5, 5.41) is 0.645. The molecule has 2 aromatic heterocycles. The van der Waals surface area contributed by atoms with Crippen LogP contribution in [0.3, 0.4) is 0 Å². The Bertz CT molecular complexity index is 1260. The number of ether oxygens (including phenoxy) is 3. The van der Waals surface area contributed by atoms with Gasteiger partial charge in [0.15, 0.2) is 11.6 Å². The minimum absolute atomic E-state index is 0.0131. The van der Waals surface area contributed by atoms with E-state index in [2.05, 4.69) is 14.7 Å². The fraction of sp³-hybridized carbons (Fsp3) is 0.190. The lowest BCUT2D eigenvalue weighted by molar-refractivity contribution is 0.146. The molecule has 0 bridgehead atoms. The third-order valence-electron chi connectivity index (χ3n) is 4.37. The first-order valence-electron chi connectivity index (χ1n) is 8.94. The van der Waals surface area contributed by atoms with E-state index in [0.717, 1.165) is 11.1 Å². The van der Waals surface area contributed by atoms with Crippen molar-refractivity contribution >= 4 is 39.0 Å². The lowest BCUT2D eigenvalue weighted by Crippen LogP contribution is -2.08. The summed E-state index contributed by atoms with van der Waals surface area (Å²) in [4.78, 5) is 19.4. The summed E-state index contributed by atoms with van der Waals surface area (Å²) >= 11 is 5.08. The fourth-order valence-electron chi connectivity index (χ4n) is 3.09. The number of aryl methyl sites for hydroxylation is 1. The molecule has 2 heterocycles. The Labute approximate surface area is 175 Å². The number of carbonyl (C=O) groups is 1. The first kappa shape index (κ1) is 19.9. The van der Waals surface area contributed by atoms with Crippen molar-refractivity contribution in [1.29, 1.82) is 0 Å². The molecule has 0 aliphatic rings. The van der Waals surface area contributed by atoms with Gasteiger partial charge in [0, 0.05) is 28.6 Å². The van der Waals surface area contributed by atoms with Gasteiger partial charge in [-0.15, -0.1) is 0 Å². The van der Waals surface area contributed by atoms with Crippen molar-refractivity contribution < 1.29 is 27.8 Å². The van der Waals surface area contributed by atoms with Gasteiger partial charge >= 0.3 is 5.43 Å². The number of carbonyl (C=O) groups excluding carboxylic acids is 1. The number of furan rings is 1. The Morgan fingerprint density at radius 2 is 2.03 bits per heavy atom. The van der Waals surface area contributed by atoms with E-state index < -0.39 is 11.2 Å². The largest absolute Gasteiger partial charge is 0.487 e. The van der Waals surface area contributed by atoms with Gasteiger partial charge in [-0.25, -0.2) is 19.2 Å². The minimum Gasteiger partial charge on any atom is -0.487 e. The van der Waals surface area contributed by atoms with Crippen LogP contribution in [0.1, 0.15) is 5.56 Å². The number of methoxy groups -OCH3 is 1. The summed E-state index contributed by atoms with van der Waals surface area (Å²) in [6.45, 7) is 1.81. The maximum atomic E-state index is 14.4. The third kappa shape index (κ3) is 3.99. The second kappa shape index (κ2) is 8.16. The van der Waals surface area contributed by atoms with Crippen molar-refractivity contribution in [1.82, 2.24) is 9.97 Å². The van der Waals surface area contributed by atoms with Crippen LogP contribution in [0.2, 0.25) is 0 Å². The van der Waals surface area contributed by atoms with E-state index >= 15 is 0 Å². The second-order valence-electron chi connectivity index (χ2n) is 6.46. The highest BCUT2D eigenvalue weighted by Crippen LogP contribution is 2.35. The highest BCUT2D eigenvalue weighted by Gasteiger charge is 2.16. The lowest BCUT2D eigenvalue weighted by Gasteiger charge is -2.06. The van der Waals surface area contributed by atoms with Crippen LogP contribution >= 0.6 is 11.6 Å². The van der Waals surface area contributed by atoms with Gasteiger partial charge in [0.25, 0.3) is 0 Å². The van der Waals surface area contributed by atoms with E-state index in [1.165, 1.54) is 25.4 Å². The molecule has 7 nitrogen and oxygen atoms in total. The molecule has 0 spiro atoms. The Morgan fingerprint density at radius 1 is 1.20 bits per heavy atom. The van der Waals surface area contributed by atoms with Crippen LogP contribution in [0, 0.1) is 12.7 Å². The number of benzene rings is 2. The van der Waals surface area contributed by atoms with E-state index in [4.69, 9.17) is 25.5 Å². The van der Waals surface area contributed by atoms with Gasteiger partial charge in [0.05, 0.1) is 24.3 Å². The van der Waals surface area contributed by atoms with Gasteiger partial charge in [-0.3, -0.25) is 0 Å². The van der Waals surface area contributed by atoms with Crippen LogP contribution < -0.4 is 9.47 Å². The van der Waals surface area contributed by atoms with Gasteiger partial charge in [-0.05, 0) is 36.8 Å². The van der Waals surface area contributed by atoms with Crippen LogP contribution in [0.25, 0.3) is 33.3 Å². The quantitative estimate of drug-likeness (QED) is 0.305. The maximum absolute atomic E-state index is 14.4. The molecular weight excluding hydrogens is 415 g/mol. The molecular formula is C21H16ClFN2O5. The summed E-state index contributed by atoms with van der Waals surface area (Å²) in [5.74, 6) is 0.344. The molecule has 4 aromatic rings. The minimum atomic E-state index is -0.944. The second-order valence-corrected chi connectivity index (χ2v) is 6.77. The molecule has 0 saturated heterocycles. The summed E-state index contributed by atoms with van der Waals surface area (Å²) in [6.07, 6.45) is 1.53. The standard InChI is InChI=1S/C21H16ClFN2O5/c1-11-5-13(20-15(6-11)25-19(27-2)10-24-20)17-7-12-8-18(14(23)9-16(12)30-17)28-3-4-29-21(22)26/h5-10H,3-4H2,1-2H3. The SMILES string of the molecule is COc1cnc2c(-c3cc4cc(OCCOC(=O)Cl)c(F)cc4o3)cc(C)cc2n1. The molecule has 0 saturated carbocycles. The van der Waals surface area contributed by atoms with Gasteiger partial charge in [0.2, 0.25) is 5.88 Å². The molecule has 0 aliphatic heterocycles. The Morgan fingerprint density at radius 3 is 2.80 bits per heavy atom. The van der Waals surface area contributed by atoms with Crippen molar-refractivity contribution in [3.63, 3.8) is 0 Å². The highest BCUT2D eigenvalue weighted by molar-refractivity contribution is 6.61. The van der Waals surface area contributed by atoms with E-state index in [1.807, 2.05) is 19.1 Å². The smallest absolute Gasteiger partial charge is 0.403 e. The third-order valence-corrected chi connectivity index (χ3v) is 4.48. The predicted octanol–water partition coefficient (Wildman–Crippen LogP) is 5.25. The van der Waals surface area contributed by atoms with E-state index in [0.29, 0.717) is 33.6 Å². The van der Waals surface area contributed by atoms with Crippen LogP contribution in [-0.2, 0) is 4.74 Å². The van der Waals surface area contributed by atoms with Gasteiger partial charge in [-0.2, -0.15) is 0 Å². The van der Waals surface area contributed by atoms with Crippen molar-refractivity contribution in [2.75, 3.05) is 20.3 Å². The van der Waals surface area contributed by atoms with E-state index in [-0.39, 0.29) is 19.0 Å².